The van der Waals surface area contributed by atoms with Crippen LogP contribution in [-0.4, -0.2) is 36.7 Å². The van der Waals surface area contributed by atoms with E-state index in [4.69, 9.17) is 5.11 Å². The number of hydrogen-bond donors (Lipinski definition) is 1. The van der Waals surface area contributed by atoms with Gasteiger partial charge in [0.25, 0.3) is 0 Å². The average Bonchev–Trinajstić information content (AvgIpc) is 2.28. The fourth-order valence-electron chi connectivity index (χ4n) is 0.381. The van der Waals surface area contributed by atoms with E-state index in [0.717, 1.165) is 12.2 Å². The Labute approximate surface area is 93.2 Å². The molecule has 0 spiro atoms. The maximum Gasteiger partial charge on any atom is 0.330 e. The van der Waals surface area contributed by atoms with Gasteiger partial charge in [0.05, 0.1) is 13.5 Å². The molecule has 0 amide bonds. The third-order valence-corrected chi connectivity index (χ3v) is 1.09. The van der Waals surface area contributed by atoms with E-state index in [2.05, 4.69) is 22.6 Å². The monoisotopic (exact) mass is 230 g/mol. The van der Waals surface area contributed by atoms with Crippen molar-refractivity contribution in [3.8, 4) is 0 Å². The highest BCUT2D eigenvalue weighted by molar-refractivity contribution is 5.81. The van der Waals surface area contributed by atoms with Gasteiger partial charge in [-0.15, -0.1) is 0 Å². The summed E-state index contributed by atoms with van der Waals surface area (Å²) < 4.78 is 8.51. The smallest absolute Gasteiger partial charge is 0.330 e. The van der Waals surface area contributed by atoms with Gasteiger partial charge in [0.15, 0.2) is 0 Å². The molecule has 0 rings (SSSR count). The molecule has 6 heteroatoms. The van der Waals surface area contributed by atoms with Gasteiger partial charge in [0, 0.05) is 12.2 Å². The van der Waals surface area contributed by atoms with Crippen molar-refractivity contribution in [2.75, 3.05) is 13.7 Å². The first-order chi connectivity index (χ1) is 7.47. The number of aliphatic carboxylic acids is 1. The molecule has 0 aliphatic rings. The molecular weight excluding hydrogens is 216 g/mol. The second kappa shape index (κ2) is 11.0. The standard InChI is InChI=1S/C6H8O4.C4H6O2/c1-2-6(9)10-4-3-5(7)8;1-3-4(5)6-2/h2H,1,3-4H2,(H,7,8);3H,1H2,2H3. The SMILES string of the molecule is C=CC(=O)OC.C=CC(=O)OCCC(=O)O. The summed E-state index contributed by atoms with van der Waals surface area (Å²) in [5.41, 5.74) is 0. The molecule has 0 aliphatic heterocycles. The molecular formula is C10H14O6. The molecule has 90 valence electrons. The van der Waals surface area contributed by atoms with Crippen molar-refractivity contribution in [1.29, 1.82) is 0 Å². The van der Waals surface area contributed by atoms with Crippen LogP contribution in [0.5, 0.6) is 0 Å². The third kappa shape index (κ3) is 14.4. The molecule has 0 atom stereocenters. The van der Waals surface area contributed by atoms with Gasteiger partial charge in [0.1, 0.15) is 6.61 Å². The number of rotatable bonds is 5. The van der Waals surface area contributed by atoms with E-state index in [9.17, 15) is 14.4 Å². The second-order valence-electron chi connectivity index (χ2n) is 2.24. The van der Waals surface area contributed by atoms with Gasteiger partial charge in [-0.05, 0) is 0 Å². The second-order valence-corrected chi connectivity index (χ2v) is 2.24. The van der Waals surface area contributed by atoms with E-state index in [1.165, 1.54) is 7.11 Å². The Kier molecular flexibility index (Phi) is 11.2. The summed E-state index contributed by atoms with van der Waals surface area (Å²) in [6.45, 7) is 6.20. The van der Waals surface area contributed by atoms with Crippen molar-refractivity contribution in [2.45, 2.75) is 6.42 Å². The van der Waals surface area contributed by atoms with Crippen molar-refractivity contribution in [2.24, 2.45) is 0 Å². The summed E-state index contributed by atoms with van der Waals surface area (Å²) in [5, 5.41) is 8.08. The Bertz CT molecular complexity index is 268. The van der Waals surface area contributed by atoms with E-state index in [0.29, 0.717) is 0 Å². The molecule has 6 nitrogen and oxygen atoms in total. The normalized spacial score (nSPS) is 7.81. The summed E-state index contributed by atoms with van der Waals surface area (Å²) in [4.78, 5) is 30.0. The van der Waals surface area contributed by atoms with Gasteiger partial charge in [-0.2, -0.15) is 0 Å². The van der Waals surface area contributed by atoms with Crippen LogP contribution in [0.15, 0.2) is 25.3 Å². The summed E-state index contributed by atoms with van der Waals surface area (Å²) in [5.74, 6) is -1.98. The molecule has 0 heterocycles. The quantitative estimate of drug-likeness (QED) is 0.547. The predicted octanol–water partition coefficient (Wildman–Crippen LogP) is 0.536. The van der Waals surface area contributed by atoms with Gasteiger partial charge in [-0.3, -0.25) is 4.79 Å². The fourth-order valence-corrected chi connectivity index (χ4v) is 0.381. The zero-order valence-electron chi connectivity index (χ0n) is 8.97. The minimum Gasteiger partial charge on any atom is -0.481 e. The Balaban J connectivity index is 0. The Morgan fingerprint density at radius 1 is 1.19 bits per heavy atom. The summed E-state index contributed by atoms with van der Waals surface area (Å²) in [6.07, 6.45) is 1.93. The van der Waals surface area contributed by atoms with Crippen molar-refractivity contribution in [3.63, 3.8) is 0 Å². The van der Waals surface area contributed by atoms with Crippen LogP contribution in [0.1, 0.15) is 6.42 Å². The summed E-state index contributed by atoms with van der Waals surface area (Å²) >= 11 is 0. The highest BCUT2D eigenvalue weighted by Crippen LogP contribution is 1.83. The van der Waals surface area contributed by atoms with Gasteiger partial charge in [0.2, 0.25) is 0 Å². The third-order valence-electron chi connectivity index (χ3n) is 1.09. The lowest BCUT2D eigenvalue weighted by atomic mass is 10.5. The highest BCUT2D eigenvalue weighted by Gasteiger charge is 1.98. The van der Waals surface area contributed by atoms with Crippen LogP contribution in [0, 0.1) is 0 Å². The number of ether oxygens (including phenoxy) is 2. The Morgan fingerprint density at radius 2 is 1.69 bits per heavy atom. The molecule has 16 heavy (non-hydrogen) atoms. The lowest BCUT2D eigenvalue weighted by Crippen LogP contribution is -2.06. The van der Waals surface area contributed by atoms with Crippen LogP contribution in [-0.2, 0) is 23.9 Å². The molecule has 0 fully saturated rings. The molecule has 0 saturated carbocycles. The van der Waals surface area contributed by atoms with E-state index in [1.54, 1.807) is 0 Å². The minimum atomic E-state index is -0.989. The molecule has 0 unspecified atom stereocenters. The largest absolute Gasteiger partial charge is 0.481 e. The van der Waals surface area contributed by atoms with Crippen LogP contribution in [0.25, 0.3) is 0 Å². The Morgan fingerprint density at radius 3 is 1.94 bits per heavy atom. The number of carboxylic acids is 1. The van der Waals surface area contributed by atoms with E-state index < -0.39 is 17.9 Å². The van der Waals surface area contributed by atoms with Gasteiger partial charge in [-0.1, -0.05) is 13.2 Å². The molecule has 0 radical (unpaired) electrons. The highest BCUT2D eigenvalue weighted by atomic mass is 16.5. The van der Waals surface area contributed by atoms with E-state index in [-0.39, 0.29) is 13.0 Å². The topological polar surface area (TPSA) is 89.9 Å². The molecule has 1 N–H and O–H groups in total. The maximum absolute atomic E-state index is 10.3. The molecule has 0 bridgehead atoms. The average molecular weight is 230 g/mol. The van der Waals surface area contributed by atoms with Crippen LogP contribution in [0.2, 0.25) is 0 Å². The number of methoxy groups -OCH3 is 1. The minimum absolute atomic E-state index is 0.0970. The number of esters is 2. The maximum atomic E-state index is 10.3. The first kappa shape index (κ1) is 16.3. The lowest BCUT2D eigenvalue weighted by Gasteiger charge is -1.96. The van der Waals surface area contributed by atoms with Crippen molar-refractivity contribution in [1.82, 2.24) is 0 Å². The zero-order valence-corrected chi connectivity index (χ0v) is 8.97. The number of carbonyl (C=O) groups is 3. The molecule has 0 aromatic carbocycles. The summed E-state index contributed by atoms with van der Waals surface area (Å²) in [6, 6.07) is 0. The zero-order chi connectivity index (χ0) is 13.0. The van der Waals surface area contributed by atoms with Crippen LogP contribution in [0.3, 0.4) is 0 Å². The van der Waals surface area contributed by atoms with Crippen LogP contribution in [0.4, 0.5) is 0 Å². The van der Waals surface area contributed by atoms with Crippen molar-refractivity contribution < 1.29 is 29.0 Å². The van der Waals surface area contributed by atoms with Gasteiger partial charge in [-0.25, -0.2) is 9.59 Å². The Hall–Kier alpha value is -2.11. The number of carboxylic acid groups (broad SMARTS) is 1. The molecule has 0 aliphatic carbocycles. The number of carbonyl (C=O) groups excluding carboxylic acids is 2. The predicted molar refractivity (Wildman–Crippen MR) is 55.6 cm³/mol. The van der Waals surface area contributed by atoms with E-state index >= 15 is 0 Å². The first-order valence-electron chi connectivity index (χ1n) is 4.19. The first-order valence-corrected chi connectivity index (χ1v) is 4.19. The van der Waals surface area contributed by atoms with Crippen LogP contribution < -0.4 is 0 Å². The molecule has 0 saturated heterocycles. The number of hydrogen-bond acceptors (Lipinski definition) is 5. The lowest BCUT2D eigenvalue weighted by molar-refractivity contribution is -0.142. The molecule has 0 aromatic rings. The summed E-state index contributed by atoms with van der Waals surface area (Å²) in [7, 11) is 1.31. The van der Waals surface area contributed by atoms with Gasteiger partial charge >= 0.3 is 17.9 Å². The van der Waals surface area contributed by atoms with Crippen molar-refractivity contribution in [3.05, 3.63) is 25.3 Å². The van der Waals surface area contributed by atoms with Crippen LogP contribution >= 0.6 is 0 Å². The molecule has 0 aromatic heterocycles. The van der Waals surface area contributed by atoms with E-state index in [1.807, 2.05) is 0 Å². The fraction of sp³-hybridized carbons (Fsp3) is 0.300. The van der Waals surface area contributed by atoms with Gasteiger partial charge < -0.3 is 14.6 Å². The van der Waals surface area contributed by atoms with Crippen molar-refractivity contribution >= 4 is 17.9 Å².